The number of carboxylic acids is 1. The zero-order chi connectivity index (χ0) is 15.5. The third-order valence-corrected chi connectivity index (χ3v) is 4.61. The summed E-state index contributed by atoms with van der Waals surface area (Å²) in [6.45, 7) is 2.54. The van der Waals surface area contributed by atoms with Crippen molar-refractivity contribution in [1.29, 1.82) is 0 Å². The highest BCUT2D eigenvalue weighted by molar-refractivity contribution is 7.22. The monoisotopic (exact) mass is 317 g/mol. The molecule has 0 radical (unpaired) electrons. The molecule has 1 aliphatic rings. The molecule has 0 saturated carbocycles. The lowest BCUT2D eigenvalue weighted by atomic mass is 10.3. The van der Waals surface area contributed by atoms with Gasteiger partial charge in [-0.05, 0) is 12.1 Å². The van der Waals surface area contributed by atoms with E-state index in [1.165, 1.54) is 0 Å². The van der Waals surface area contributed by atoms with E-state index in [4.69, 9.17) is 5.11 Å². The smallest absolute Gasteiger partial charge is 0.328 e. The maximum Gasteiger partial charge on any atom is 0.328 e. The van der Waals surface area contributed by atoms with E-state index in [1.807, 2.05) is 24.3 Å². The van der Waals surface area contributed by atoms with Crippen LogP contribution in [0.5, 0.6) is 0 Å². The van der Waals surface area contributed by atoms with Crippen molar-refractivity contribution in [3.63, 3.8) is 0 Å². The van der Waals surface area contributed by atoms with Gasteiger partial charge in [0.05, 0.1) is 10.2 Å². The number of hydrogen-bond donors (Lipinski definition) is 1. The van der Waals surface area contributed by atoms with Crippen molar-refractivity contribution in [3.8, 4) is 0 Å². The Morgan fingerprint density at radius 1 is 1.14 bits per heavy atom. The van der Waals surface area contributed by atoms with Gasteiger partial charge in [-0.25, -0.2) is 9.78 Å². The highest BCUT2D eigenvalue weighted by Gasteiger charge is 2.21. The number of para-hydroxylation sites is 1. The number of carbonyl (C=O) groups excluding carboxylic acids is 1. The van der Waals surface area contributed by atoms with Gasteiger partial charge in [0.1, 0.15) is 0 Å². The molecule has 1 aromatic carbocycles. The third kappa shape index (κ3) is 3.09. The summed E-state index contributed by atoms with van der Waals surface area (Å²) in [6.07, 6.45) is 1.98. The average molecular weight is 317 g/mol. The Kier molecular flexibility index (Phi) is 4.06. The summed E-state index contributed by atoms with van der Waals surface area (Å²) in [7, 11) is 0. The minimum atomic E-state index is -1.11. The van der Waals surface area contributed by atoms with Crippen molar-refractivity contribution in [2.24, 2.45) is 0 Å². The Morgan fingerprint density at radius 3 is 2.55 bits per heavy atom. The van der Waals surface area contributed by atoms with Crippen LogP contribution in [0.2, 0.25) is 0 Å². The number of fused-ring (bicyclic) bond motifs is 1. The molecule has 0 atom stereocenters. The molecule has 3 rings (SSSR count). The molecule has 22 heavy (non-hydrogen) atoms. The first-order valence-corrected chi connectivity index (χ1v) is 7.75. The van der Waals surface area contributed by atoms with E-state index in [-0.39, 0.29) is 5.91 Å². The standard InChI is InChI=1S/C15H15N3O3S/c19-13(5-6-14(20)21)17-7-9-18(10-8-17)15-16-11-3-1-2-4-12(11)22-15/h1-6H,7-10H2,(H,20,21). The van der Waals surface area contributed by atoms with Gasteiger partial charge in [-0.2, -0.15) is 0 Å². The van der Waals surface area contributed by atoms with Crippen molar-refractivity contribution in [1.82, 2.24) is 9.88 Å². The molecule has 0 aliphatic carbocycles. The fourth-order valence-electron chi connectivity index (χ4n) is 2.36. The van der Waals surface area contributed by atoms with E-state index in [0.717, 1.165) is 27.5 Å². The van der Waals surface area contributed by atoms with Crippen molar-refractivity contribution in [2.75, 3.05) is 31.1 Å². The Bertz CT molecular complexity index is 699. The molecule has 0 spiro atoms. The van der Waals surface area contributed by atoms with Crippen molar-refractivity contribution >= 4 is 38.6 Å². The SMILES string of the molecule is O=C(O)C=CC(=O)N1CCN(c2nc3ccccc3s2)CC1. The van der Waals surface area contributed by atoms with Gasteiger partial charge in [0, 0.05) is 38.3 Å². The van der Waals surface area contributed by atoms with Gasteiger partial charge >= 0.3 is 5.97 Å². The largest absolute Gasteiger partial charge is 0.478 e. The minimum Gasteiger partial charge on any atom is -0.478 e. The van der Waals surface area contributed by atoms with Crippen LogP contribution in [-0.2, 0) is 9.59 Å². The molecule has 1 aliphatic heterocycles. The summed E-state index contributed by atoms with van der Waals surface area (Å²) < 4.78 is 1.15. The van der Waals surface area contributed by atoms with Crippen LogP contribution in [0.3, 0.4) is 0 Å². The van der Waals surface area contributed by atoms with E-state index < -0.39 is 5.97 Å². The summed E-state index contributed by atoms with van der Waals surface area (Å²) >= 11 is 1.65. The minimum absolute atomic E-state index is 0.258. The zero-order valence-corrected chi connectivity index (χ0v) is 12.6. The van der Waals surface area contributed by atoms with Gasteiger partial charge < -0.3 is 14.9 Å². The van der Waals surface area contributed by atoms with Gasteiger partial charge in [0.25, 0.3) is 0 Å². The first-order chi connectivity index (χ1) is 10.6. The molecular formula is C15H15N3O3S. The van der Waals surface area contributed by atoms with Crippen LogP contribution in [0.25, 0.3) is 10.2 Å². The number of aliphatic carboxylic acids is 1. The van der Waals surface area contributed by atoms with Gasteiger partial charge in [-0.15, -0.1) is 0 Å². The Hall–Kier alpha value is -2.41. The predicted molar refractivity (Wildman–Crippen MR) is 85.2 cm³/mol. The van der Waals surface area contributed by atoms with Crippen molar-refractivity contribution in [3.05, 3.63) is 36.4 Å². The highest BCUT2D eigenvalue weighted by atomic mass is 32.1. The van der Waals surface area contributed by atoms with E-state index in [1.54, 1.807) is 16.2 Å². The second-order valence-corrected chi connectivity index (χ2v) is 5.96. The maximum atomic E-state index is 11.8. The molecule has 2 heterocycles. The van der Waals surface area contributed by atoms with E-state index in [2.05, 4.69) is 9.88 Å². The molecule has 1 aromatic heterocycles. The van der Waals surface area contributed by atoms with Crippen LogP contribution in [0.15, 0.2) is 36.4 Å². The Balaban J connectivity index is 1.64. The summed E-state index contributed by atoms with van der Waals surface area (Å²) in [5, 5.41) is 9.51. The number of amides is 1. The van der Waals surface area contributed by atoms with Gasteiger partial charge in [-0.3, -0.25) is 4.79 Å². The number of nitrogens with zero attached hydrogens (tertiary/aromatic N) is 3. The molecule has 1 N–H and O–H groups in total. The molecule has 6 nitrogen and oxygen atoms in total. The molecule has 1 amide bonds. The number of hydrogen-bond acceptors (Lipinski definition) is 5. The molecule has 0 bridgehead atoms. The Labute approximate surface area is 131 Å². The van der Waals surface area contributed by atoms with Gasteiger partial charge in [0.2, 0.25) is 5.91 Å². The lowest BCUT2D eigenvalue weighted by Crippen LogP contribution is -2.48. The second kappa shape index (κ2) is 6.15. The van der Waals surface area contributed by atoms with Gasteiger partial charge in [-0.1, -0.05) is 23.5 Å². The molecule has 114 valence electrons. The number of aromatic nitrogens is 1. The van der Waals surface area contributed by atoms with Crippen molar-refractivity contribution < 1.29 is 14.7 Å². The summed E-state index contributed by atoms with van der Waals surface area (Å²) in [5.74, 6) is -1.37. The predicted octanol–water partition coefficient (Wildman–Crippen LogP) is 1.59. The fourth-order valence-corrected chi connectivity index (χ4v) is 3.38. The number of carboxylic acid groups (broad SMARTS) is 1. The quantitative estimate of drug-likeness (QED) is 0.870. The number of anilines is 1. The Morgan fingerprint density at radius 2 is 1.86 bits per heavy atom. The van der Waals surface area contributed by atoms with Crippen LogP contribution >= 0.6 is 11.3 Å². The number of piperazine rings is 1. The third-order valence-electron chi connectivity index (χ3n) is 3.51. The number of benzene rings is 1. The number of carbonyl (C=O) groups is 2. The highest BCUT2D eigenvalue weighted by Crippen LogP contribution is 2.29. The fraction of sp³-hybridized carbons (Fsp3) is 0.267. The van der Waals surface area contributed by atoms with E-state index in [0.29, 0.717) is 26.2 Å². The first-order valence-electron chi connectivity index (χ1n) is 6.94. The zero-order valence-electron chi connectivity index (χ0n) is 11.8. The lowest BCUT2D eigenvalue weighted by molar-refractivity contribution is -0.132. The summed E-state index contributed by atoms with van der Waals surface area (Å²) in [5.41, 5.74) is 0.991. The van der Waals surface area contributed by atoms with Gasteiger partial charge in [0.15, 0.2) is 5.13 Å². The van der Waals surface area contributed by atoms with Crippen LogP contribution in [-0.4, -0.2) is 53.0 Å². The van der Waals surface area contributed by atoms with Crippen LogP contribution in [0, 0.1) is 0 Å². The molecule has 1 fully saturated rings. The maximum absolute atomic E-state index is 11.8. The normalized spacial score (nSPS) is 15.6. The molecule has 2 aromatic rings. The molecule has 7 heteroatoms. The second-order valence-electron chi connectivity index (χ2n) is 4.95. The lowest BCUT2D eigenvalue weighted by Gasteiger charge is -2.34. The number of rotatable bonds is 3. The summed E-state index contributed by atoms with van der Waals surface area (Å²) in [6, 6.07) is 8.01. The van der Waals surface area contributed by atoms with E-state index >= 15 is 0 Å². The molecule has 0 unspecified atom stereocenters. The average Bonchev–Trinajstić information content (AvgIpc) is 2.96. The first kappa shape index (κ1) is 14.5. The van der Waals surface area contributed by atoms with E-state index in [9.17, 15) is 9.59 Å². The number of thiazole rings is 1. The van der Waals surface area contributed by atoms with Crippen molar-refractivity contribution in [2.45, 2.75) is 0 Å². The topological polar surface area (TPSA) is 73.7 Å². The molecule has 1 saturated heterocycles. The molecular weight excluding hydrogens is 302 g/mol. The van der Waals surface area contributed by atoms with Crippen LogP contribution in [0.1, 0.15) is 0 Å². The van der Waals surface area contributed by atoms with Crippen LogP contribution < -0.4 is 4.90 Å². The van der Waals surface area contributed by atoms with Crippen LogP contribution in [0.4, 0.5) is 5.13 Å². The summed E-state index contributed by atoms with van der Waals surface area (Å²) in [4.78, 5) is 30.7.